The van der Waals surface area contributed by atoms with Crippen molar-refractivity contribution in [1.29, 1.82) is 0 Å². The summed E-state index contributed by atoms with van der Waals surface area (Å²) in [6.45, 7) is 0. The lowest BCUT2D eigenvalue weighted by Crippen LogP contribution is -2.23. The molecule has 162 valence electrons. The fraction of sp³-hybridized carbons (Fsp3) is 0.120. The molecule has 0 bridgehead atoms. The SMILES string of the molecule is COc1ccc(NC(=S)N/N=C\c2c(-c3ccccc3)n(C)c3ccccc23)cc1OC. The van der Waals surface area contributed by atoms with Gasteiger partial charge < -0.3 is 19.4 Å². The molecule has 1 aromatic heterocycles. The van der Waals surface area contributed by atoms with Gasteiger partial charge in [-0.25, -0.2) is 0 Å². The molecule has 0 spiro atoms. The Bertz CT molecular complexity index is 1280. The lowest BCUT2D eigenvalue weighted by molar-refractivity contribution is 0.355. The first-order valence-corrected chi connectivity index (χ1v) is 10.5. The molecule has 0 radical (unpaired) electrons. The fourth-order valence-electron chi connectivity index (χ4n) is 3.73. The zero-order valence-electron chi connectivity index (χ0n) is 18.1. The minimum absolute atomic E-state index is 0.370. The average molecular weight is 445 g/mol. The molecular weight excluding hydrogens is 420 g/mol. The first-order valence-electron chi connectivity index (χ1n) is 10.1. The smallest absolute Gasteiger partial charge is 0.191 e. The van der Waals surface area contributed by atoms with Crippen molar-refractivity contribution in [3.63, 3.8) is 0 Å². The summed E-state index contributed by atoms with van der Waals surface area (Å²) in [6, 6.07) is 24.1. The van der Waals surface area contributed by atoms with Crippen LogP contribution in [0.25, 0.3) is 22.2 Å². The standard InChI is InChI=1S/C25H24N4O2S/c1-29-21-12-8-7-11-19(21)20(24(29)17-9-5-4-6-10-17)16-26-28-25(32)27-18-13-14-22(30-2)23(15-18)31-3/h4-16H,1-3H3,(H2,27,28,32)/b26-16-. The minimum Gasteiger partial charge on any atom is -0.493 e. The van der Waals surface area contributed by atoms with E-state index in [9.17, 15) is 0 Å². The second-order valence-corrected chi connectivity index (χ2v) is 7.51. The Morgan fingerprint density at radius 2 is 1.66 bits per heavy atom. The largest absolute Gasteiger partial charge is 0.493 e. The van der Waals surface area contributed by atoms with Gasteiger partial charge in [-0.3, -0.25) is 5.43 Å². The van der Waals surface area contributed by atoms with E-state index in [0.717, 1.165) is 33.4 Å². The third-order valence-electron chi connectivity index (χ3n) is 5.19. The van der Waals surface area contributed by atoms with Gasteiger partial charge in [0.2, 0.25) is 0 Å². The molecule has 6 nitrogen and oxygen atoms in total. The molecule has 4 rings (SSSR count). The molecular formula is C25H24N4O2S. The number of rotatable bonds is 6. The van der Waals surface area contributed by atoms with E-state index < -0.39 is 0 Å². The fourth-order valence-corrected chi connectivity index (χ4v) is 3.90. The number of aryl methyl sites for hydroxylation is 1. The topological polar surface area (TPSA) is 59.8 Å². The molecule has 0 saturated heterocycles. The summed E-state index contributed by atoms with van der Waals surface area (Å²) in [5, 5.41) is 9.02. The van der Waals surface area contributed by atoms with Crippen molar-refractivity contribution < 1.29 is 9.47 Å². The lowest BCUT2D eigenvalue weighted by Gasteiger charge is -2.11. The molecule has 2 N–H and O–H groups in total. The van der Waals surface area contributed by atoms with Crippen molar-refractivity contribution >= 4 is 40.1 Å². The summed E-state index contributed by atoms with van der Waals surface area (Å²) in [5.74, 6) is 1.27. The summed E-state index contributed by atoms with van der Waals surface area (Å²) in [6.07, 6.45) is 1.81. The number of ether oxygens (including phenoxy) is 2. The van der Waals surface area contributed by atoms with Crippen molar-refractivity contribution in [2.75, 3.05) is 19.5 Å². The molecule has 4 aromatic rings. The molecule has 0 aliphatic carbocycles. The van der Waals surface area contributed by atoms with Crippen LogP contribution in [0.4, 0.5) is 5.69 Å². The van der Waals surface area contributed by atoms with Gasteiger partial charge in [0.25, 0.3) is 0 Å². The summed E-state index contributed by atoms with van der Waals surface area (Å²) < 4.78 is 12.8. The number of benzene rings is 3. The van der Waals surface area contributed by atoms with Crippen LogP contribution in [0.1, 0.15) is 5.56 Å². The van der Waals surface area contributed by atoms with Crippen LogP contribution in [0.2, 0.25) is 0 Å². The molecule has 32 heavy (non-hydrogen) atoms. The van der Waals surface area contributed by atoms with Crippen LogP contribution in [0.5, 0.6) is 11.5 Å². The van der Waals surface area contributed by atoms with E-state index in [2.05, 4.69) is 51.7 Å². The molecule has 0 amide bonds. The summed E-state index contributed by atoms with van der Waals surface area (Å²) in [5.41, 5.74) is 8.05. The van der Waals surface area contributed by atoms with E-state index in [1.165, 1.54) is 0 Å². The van der Waals surface area contributed by atoms with E-state index >= 15 is 0 Å². The molecule has 0 saturated carbocycles. The van der Waals surface area contributed by atoms with E-state index in [-0.39, 0.29) is 0 Å². The summed E-state index contributed by atoms with van der Waals surface area (Å²) in [7, 11) is 5.26. The molecule has 0 aliphatic heterocycles. The average Bonchev–Trinajstić information content (AvgIpc) is 3.11. The van der Waals surface area contributed by atoms with Crippen molar-refractivity contribution in [2.45, 2.75) is 0 Å². The maximum atomic E-state index is 5.41. The zero-order valence-corrected chi connectivity index (χ0v) is 18.9. The normalized spacial score (nSPS) is 11.0. The van der Waals surface area contributed by atoms with Crippen LogP contribution >= 0.6 is 12.2 Å². The Morgan fingerprint density at radius 1 is 0.938 bits per heavy atom. The molecule has 0 unspecified atom stereocenters. The van der Waals surface area contributed by atoms with Gasteiger partial charge in [0.15, 0.2) is 16.6 Å². The Labute approximate surface area is 192 Å². The number of hydrogen-bond donors (Lipinski definition) is 2. The molecule has 7 heteroatoms. The molecule has 0 aliphatic rings. The number of methoxy groups -OCH3 is 2. The van der Waals surface area contributed by atoms with E-state index in [1.54, 1.807) is 14.2 Å². The highest BCUT2D eigenvalue weighted by Crippen LogP contribution is 2.32. The van der Waals surface area contributed by atoms with Crippen LogP contribution in [-0.2, 0) is 7.05 Å². The Morgan fingerprint density at radius 3 is 2.41 bits per heavy atom. The molecule has 0 fully saturated rings. The first-order chi connectivity index (χ1) is 15.6. The van der Waals surface area contributed by atoms with E-state index in [0.29, 0.717) is 16.6 Å². The minimum atomic E-state index is 0.370. The van der Waals surface area contributed by atoms with Crippen LogP contribution in [0.15, 0.2) is 77.9 Å². The second-order valence-electron chi connectivity index (χ2n) is 7.10. The highest BCUT2D eigenvalue weighted by Gasteiger charge is 2.15. The third-order valence-corrected chi connectivity index (χ3v) is 5.39. The van der Waals surface area contributed by atoms with Gasteiger partial charge in [0.1, 0.15) is 0 Å². The van der Waals surface area contributed by atoms with E-state index in [1.807, 2.05) is 54.7 Å². The second kappa shape index (κ2) is 9.53. The summed E-state index contributed by atoms with van der Waals surface area (Å²) in [4.78, 5) is 0. The highest BCUT2D eigenvalue weighted by atomic mass is 32.1. The van der Waals surface area contributed by atoms with Crippen molar-refractivity contribution in [3.8, 4) is 22.8 Å². The van der Waals surface area contributed by atoms with Crippen molar-refractivity contribution in [3.05, 3.63) is 78.4 Å². The van der Waals surface area contributed by atoms with Gasteiger partial charge in [-0.2, -0.15) is 5.10 Å². The molecule has 3 aromatic carbocycles. The number of nitrogens with zero attached hydrogens (tertiary/aromatic N) is 2. The first kappa shape index (κ1) is 21.4. The predicted molar refractivity (Wildman–Crippen MR) is 135 cm³/mol. The van der Waals surface area contributed by atoms with Crippen LogP contribution < -0.4 is 20.2 Å². The van der Waals surface area contributed by atoms with Crippen LogP contribution in [-0.4, -0.2) is 30.1 Å². The number of hydrazone groups is 1. The third kappa shape index (κ3) is 4.29. The maximum absolute atomic E-state index is 5.41. The predicted octanol–water partition coefficient (Wildman–Crippen LogP) is 5.18. The maximum Gasteiger partial charge on any atom is 0.191 e. The Hall–Kier alpha value is -3.84. The van der Waals surface area contributed by atoms with Gasteiger partial charge in [-0.15, -0.1) is 0 Å². The van der Waals surface area contributed by atoms with Crippen molar-refractivity contribution in [2.24, 2.45) is 12.1 Å². The number of aromatic nitrogens is 1. The van der Waals surface area contributed by atoms with Gasteiger partial charge >= 0.3 is 0 Å². The number of thiocarbonyl (C=S) groups is 1. The number of nitrogens with one attached hydrogen (secondary N) is 2. The number of para-hydroxylation sites is 1. The zero-order chi connectivity index (χ0) is 22.5. The number of fused-ring (bicyclic) bond motifs is 1. The van der Waals surface area contributed by atoms with Crippen LogP contribution in [0, 0.1) is 0 Å². The number of hydrogen-bond acceptors (Lipinski definition) is 4. The van der Waals surface area contributed by atoms with Crippen LogP contribution in [0.3, 0.4) is 0 Å². The van der Waals surface area contributed by atoms with Gasteiger partial charge in [0.05, 0.1) is 26.1 Å². The highest BCUT2D eigenvalue weighted by molar-refractivity contribution is 7.80. The molecule has 1 heterocycles. The molecule has 0 atom stereocenters. The van der Waals surface area contributed by atoms with Crippen molar-refractivity contribution in [1.82, 2.24) is 9.99 Å². The Balaban J connectivity index is 1.57. The van der Waals surface area contributed by atoms with Gasteiger partial charge in [-0.1, -0.05) is 48.5 Å². The number of anilines is 1. The quantitative estimate of drug-likeness (QED) is 0.244. The lowest BCUT2D eigenvalue weighted by atomic mass is 10.1. The van der Waals surface area contributed by atoms with Gasteiger partial charge in [0, 0.05) is 35.3 Å². The summed E-state index contributed by atoms with van der Waals surface area (Å²) >= 11 is 5.41. The van der Waals surface area contributed by atoms with E-state index in [4.69, 9.17) is 21.7 Å². The van der Waals surface area contributed by atoms with Gasteiger partial charge in [-0.05, 0) is 36.0 Å². The Kier molecular flexibility index (Phi) is 6.37. The monoisotopic (exact) mass is 444 g/mol.